The zero-order valence-electron chi connectivity index (χ0n) is 19.0. The largest absolute Gasteiger partial charge is 0.495 e. The van der Waals surface area contributed by atoms with Gasteiger partial charge in [-0.25, -0.2) is 27.6 Å². The van der Waals surface area contributed by atoms with Crippen molar-refractivity contribution in [3.05, 3.63) is 81.9 Å². The summed E-state index contributed by atoms with van der Waals surface area (Å²) in [6.07, 6.45) is 0. The van der Waals surface area contributed by atoms with Gasteiger partial charge in [-0.2, -0.15) is 0 Å². The molecule has 2 heterocycles. The Kier molecular flexibility index (Phi) is 5.56. The van der Waals surface area contributed by atoms with Crippen LogP contribution in [0.3, 0.4) is 0 Å². The van der Waals surface area contributed by atoms with Gasteiger partial charge in [0.15, 0.2) is 21.2 Å². The molecule has 34 heavy (non-hydrogen) atoms. The van der Waals surface area contributed by atoms with E-state index in [2.05, 4.69) is 9.97 Å². The topological polar surface area (TPSA) is 131 Å². The molecule has 0 unspecified atom stereocenters. The molecule has 0 spiro atoms. The molecule has 0 fully saturated rings. The Labute approximate surface area is 195 Å². The lowest BCUT2D eigenvalue weighted by molar-refractivity contribution is 0.0690. The molecule has 0 aliphatic carbocycles. The number of fused-ring (bicyclic) bond motifs is 1. The minimum Gasteiger partial charge on any atom is -0.495 e. The second-order valence-electron chi connectivity index (χ2n) is 8.31. The van der Waals surface area contributed by atoms with Crippen LogP contribution in [0.1, 0.15) is 35.5 Å². The first kappa shape index (κ1) is 23.2. The second-order valence-corrected chi connectivity index (χ2v) is 10.8. The number of carboxylic acid groups (broad SMARTS) is 1. The van der Waals surface area contributed by atoms with E-state index in [4.69, 9.17) is 4.74 Å². The van der Waals surface area contributed by atoms with Crippen molar-refractivity contribution >= 4 is 27.0 Å². The molecule has 0 radical (unpaired) electrons. The fourth-order valence-corrected chi connectivity index (χ4v) is 5.55. The Morgan fingerprint density at radius 3 is 2.41 bits per heavy atom. The summed E-state index contributed by atoms with van der Waals surface area (Å²) in [5.74, 6) is -1.12. The van der Waals surface area contributed by atoms with Crippen molar-refractivity contribution in [2.75, 3.05) is 7.11 Å². The van der Waals surface area contributed by atoms with E-state index in [1.54, 1.807) is 51.1 Å². The number of sulfone groups is 1. The fourth-order valence-electron chi connectivity index (χ4n) is 3.86. The standard InChI is InChI=1S/C24H23N3O6S/c1-14-12-17(22(28)29)25-21-20(14)26-23(30)27(21)16-10-11-18(33-4)19(13-16)34(31,32)24(2,3)15-8-6-5-7-9-15/h5-13H,1-4H3,(H,26,30)(H,28,29). The molecule has 4 aromatic rings. The fraction of sp³-hybridized carbons (Fsp3) is 0.208. The van der Waals surface area contributed by atoms with Gasteiger partial charge in [-0.15, -0.1) is 0 Å². The third-order valence-corrected chi connectivity index (χ3v) is 8.38. The molecule has 0 aliphatic heterocycles. The van der Waals surface area contributed by atoms with Gasteiger partial charge in [0, 0.05) is 0 Å². The number of ether oxygens (including phenoxy) is 1. The summed E-state index contributed by atoms with van der Waals surface area (Å²) < 4.78 is 32.9. The summed E-state index contributed by atoms with van der Waals surface area (Å²) in [4.78, 5) is 31.0. The Hall–Kier alpha value is -3.92. The first-order valence-corrected chi connectivity index (χ1v) is 11.8. The highest BCUT2D eigenvalue weighted by Gasteiger charge is 2.39. The van der Waals surface area contributed by atoms with E-state index >= 15 is 0 Å². The molecule has 0 saturated carbocycles. The van der Waals surface area contributed by atoms with Crippen molar-refractivity contribution in [3.8, 4) is 11.4 Å². The number of hydrogen-bond acceptors (Lipinski definition) is 6. The van der Waals surface area contributed by atoms with Crippen molar-refractivity contribution in [1.29, 1.82) is 0 Å². The number of benzene rings is 2. The molecule has 0 saturated heterocycles. The molecule has 2 N–H and O–H groups in total. The number of carbonyl (C=O) groups is 1. The van der Waals surface area contributed by atoms with Gasteiger partial charge in [-0.3, -0.25) is 0 Å². The highest BCUT2D eigenvalue weighted by molar-refractivity contribution is 7.92. The molecular weight excluding hydrogens is 458 g/mol. The van der Waals surface area contributed by atoms with E-state index in [1.807, 2.05) is 0 Å². The number of aromatic nitrogens is 3. The van der Waals surface area contributed by atoms with Crippen LogP contribution >= 0.6 is 0 Å². The minimum atomic E-state index is -4.01. The van der Waals surface area contributed by atoms with Crippen LogP contribution < -0.4 is 10.4 Å². The summed E-state index contributed by atoms with van der Waals surface area (Å²) in [5.41, 5.74) is 0.945. The SMILES string of the molecule is COc1ccc(-n2c(=O)[nH]c3c(C)cc(C(=O)O)nc32)cc1S(=O)(=O)C(C)(C)c1ccccc1. The molecule has 2 aromatic carbocycles. The minimum absolute atomic E-state index is 0.0817. The number of carboxylic acids is 1. The number of imidazole rings is 1. The van der Waals surface area contributed by atoms with Crippen LogP contribution in [-0.4, -0.2) is 41.1 Å². The number of pyridine rings is 1. The molecular formula is C24H23N3O6S. The van der Waals surface area contributed by atoms with Crippen molar-refractivity contribution in [2.24, 2.45) is 0 Å². The number of nitrogens with zero attached hydrogens (tertiary/aromatic N) is 2. The van der Waals surface area contributed by atoms with Gasteiger partial charge in [0.25, 0.3) is 0 Å². The highest BCUT2D eigenvalue weighted by Crippen LogP contribution is 2.39. The highest BCUT2D eigenvalue weighted by atomic mass is 32.2. The summed E-state index contributed by atoms with van der Waals surface area (Å²) in [7, 11) is -2.64. The third kappa shape index (κ3) is 3.56. The van der Waals surface area contributed by atoms with Crippen LogP contribution in [0, 0.1) is 6.92 Å². The van der Waals surface area contributed by atoms with E-state index in [0.29, 0.717) is 16.6 Å². The summed E-state index contributed by atoms with van der Waals surface area (Å²) >= 11 is 0. The number of aromatic carboxylic acids is 1. The number of nitrogens with one attached hydrogen (secondary N) is 1. The number of aryl methyl sites for hydroxylation is 1. The van der Waals surface area contributed by atoms with Gasteiger partial charge in [0.1, 0.15) is 10.6 Å². The predicted octanol–water partition coefficient (Wildman–Crippen LogP) is 3.44. The Bertz CT molecular complexity index is 1580. The molecule has 176 valence electrons. The van der Waals surface area contributed by atoms with Gasteiger partial charge >= 0.3 is 11.7 Å². The maximum atomic E-state index is 13.8. The van der Waals surface area contributed by atoms with Crippen LogP contribution in [0.4, 0.5) is 0 Å². The summed E-state index contributed by atoms with van der Waals surface area (Å²) in [5, 5.41) is 9.40. The van der Waals surface area contributed by atoms with Gasteiger partial charge in [0.2, 0.25) is 0 Å². The zero-order chi connectivity index (χ0) is 24.8. The van der Waals surface area contributed by atoms with E-state index in [-0.39, 0.29) is 27.7 Å². The number of H-pyrrole nitrogens is 1. The zero-order valence-corrected chi connectivity index (χ0v) is 19.8. The maximum absolute atomic E-state index is 13.8. The first-order valence-electron chi connectivity index (χ1n) is 10.3. The quantitative estimate of drug-likeness (QED) is 0.431. The Morgan fingerprint density at radius 2 is 1.79 bits per heavy atom. The number of hydrogen-bond donors (Lipinski definition) is 2. The summed E-state index contributed by atoms with van der Waals surface area (Å²) in [6.45, 7) is 4.86. The second kappa shape index (κ2) is 8.14. The Morgan fingerprint density at radius 1 is 1.12 bits per heavy atom. The monoisotopic (exact) mass is 481 g/mol. The van der Waals surface area contributed by atoms with Crippen LogP contribution in [0.2, 0.25) is 0 Å². The Balaban J connectivity index is 1.98. The van der Waals surface area contributed by atoms with Gasteiger partial charge in [-0.1, -0.05) is 30.3 Å². The van der Waals surface area contributed by atoms with E-state index < -0.39 is 26.2 Å². The van der Waals surface area contributed by atoms with Crippen LogP contribution in [0.15, 0.2) is 64.3 Å². The molecule has 2 aromatic heterocycles. The molecule has 0 bridgehead atoms. The number of methoxy groups -OCH3 is 1. The summed E-state index contributed by atoms with van der Waals surface area (Å²) in [6, 6.07) is 14.5. The lowest BCUT2D eigenvalue weighted by Crippen LogP contribution is -2.30. The van der Waals surface area contributed by atoms with E-state index in [0.717, 1.165) is 4.57 Å². The van der Waals surface area contributed by atoms with E-state index in [9.17, 15) is 23.1 Å². The maximum Gasteiger partial charge on any atom is 0.354 e. The van der Waals surface area contributed by atoms with Gasteiger partial charge < -0.3 is 14.8 Å². The van der Waals surface area contributed by atoms with Crippen molar-refractivity contribution in [1.82, 2.24) is 14.5 Å². The third-order valence-electron chi connectivity index (χ3n) is 5.90. The van der Waals surface area contributed by atoms with Gasteiger partial charge in [0.05, 0.1) is 23.1 Å². The lowest BCUT2D eigenvalue weighted by Gasteiger charge is -2.26. The molecule has 10 heteroatoms. The normalized spacial score (nSPS) is 12.1. The van der Waals surface area contributed by atoms with Crippen molar-refractivity contribution in [3.63, 3.8) is 0 Å². The predicted molar refractivity (Wildman–Crippen MR) is 127 cm³/mol. The molecule has 0 amide bonds. The van der Waals surface area contributed by atoms with Crippen LogP contribution in [0.5, 0.6) is 5.75 Å². The lowest BCUT2D eigenvalue weighted by atomic mass is 10.0. The number of rotatable bonds is 6. The molecule has 0 aliphatic rings. The molecule has 9 nitrogen and oxygen atoms in total. The number of aromatic amines is 1. The molecule has 4 rings (SSSR count). The smallest absolute Gasteiger partial charge is 0.354 e. The molecule has 0 atom stereocenters. The van der Waals surface area contributed by atoms with Crippen LogP contribution in [0.25, 0.3) is 16.9 Å². The van der Waals surface area contributed by atoms with Crippen LogP contribution in [-0.2, 0) is 14.6 Å². The van der Waals surface area contributed by atoms with Crippen molar-refractivity contribution < 1.29 is 23.1 Å². The van der Waals surface area contributed by atoms with Crippen molar-refractivity contribution in [2.45, 2.75) is 30.4 Å². The van der Waals surface area contributed by atoms with E-state index in [1.165, 1.54) is 31.4 Å². The average Bonchev–Trinajstić information content (AvgIpc) is 3.15. The van der Waals surface area contributed by atoms with Gasteiger partial charge in [-0.05, 0) is 56.2 Å². The average molecular weight is 482 g/mol. The first-order chi connectivity index (χ1) is 16.0.